The number of nitrogen functional groups attached to an aromatic ring is 2. The zero-order valence-corrected chi connectivity index (χ0v) is 9.26. The SMILES string of the molecule is Nc1ccc(S)cc1.Nc1ccsc1. The van der Waals surface area contributed by atoms with Crippen LogP contribution in [-0.4, -0.2) is 0 Å². The second-order valence-corrected chi connectivity index (χ2v) is 3.94. The van der Waals surface area contributed by atoms with Gasteiger partial charge in [-0.3, -0.25) is 0 Å². The normalized spacial score (nSPS) is 8.93. The maximum Gasteiger partial charge on any atom is 0.0422 e. The smallest absolute Gasteiger partial charge is 0.0422 e. The van der Waals surface area contributed by atoms with E-state index in [1.165, 1.54) is 0 Å². The van der Waals surface area contributed by atoms with Gasteiger partial charge in [0.1, 0.15) is 0 Å². The van der Waals surface area contributed by atoms with E-state index in [2.05, 4.69) is 12.6 Å². The minimum atomic E-state index is 0.780. The highest BCUT2D eigenvalue weighted by Crippen LogP contribution is 2.07. The van der Waals surface area contributed by atoms with Gasteiger partial charge in [0.05, 0.1) is 0 Å². The number of hydrogen-bond acceptors (Lipinski definition) is 4. The molecule has 0 radical (unpaired) electrons. The van der Waals surface area contributed by atoms with E-state index in [-0.39, 0.29) is 0 Å². The molecule has 0 atom stereocenters. The molecule has 0 aliphatic carbocycles. The van der Waals surface area contributed by atoms with Crippen LogP contribution in [0.3, 0.4) is 0 Å². The average Bonchev–Trinajstić information content (AvgIpc) is 2.63. The Hall–Kier alpha value is -1.13. The molecule has 0 saturated carbocycles. The van der Waals surface area contributed by atoms with Gasteiger partial charge in [-0.2, -0.15) is 11.3 Å². The molecule has 0 aliphatic heterocycles. The summed E-state index contributed by atoms with van der Waals surface area (Å²) in [5, 5.41) is 3.86. The van der Waals surface area contributed by atoms with Crippen molar-refractivity contribution >= 4 is 35.3 Å². The summed E-state index contributed by atoms with van der Waals surface area (Å²) in [7, 11) is 0. The lowest BCUT2D eigenvalue weighted by atomic mass is 10.3. The molecule has 0 fully saturated rings. The van der Waals surface area contributed by atoms with E-state index in [1.807, 2.05) is 41.1 Å². The van der Waals surface area contributed by atoms with E-state index < -0.39 is 0 Å². The van der Waals surface area contributed by atoms with Gasteiger partial charge in [-0.05, 0) is 35.7 Å². The van der Waals surface area contributed by atoms with E-state index in [9.17, 15) is 0 Å². The Morgan fingerprint density at radius 1 is 0.929 bits per heavy atom. The Kier molecular flexibility index (Phi) is 4.35. The van der Waals surface area contributed by atoms with Crippen LogP contribution in [0.2, 0.25) is 0 Å². The molecule has 14 heavy (non-hydrogen) atoms. The van der Waals surface area contributed by atoms with Gasteiger partial charge in [-0.1, -0.05) is 0 Å². The van der Waals surface area contributed by atoms with Crippen molar-refractivity contribution in [2.75, 3.05) is 11.5 Å². The molecular weight excluding hydrogens is 212 g/mol. The topological polar surface area (TPSA) is 52.0 Å². The fourth-order valence-corrected chi connectivity index (χ4v) is 1.45. The Balaban J connectivity index is 0.000000146. The van der Waals surface area contributed by atoms with Crippen molar-refractivity contribution < 1.29 is 0 Å². The molecule has 1 aromatic carbocycles. The second-order valence-electron chi connectivity index (χ2n) is 2.65. The van der Waals surface area contributed by atoms with Gasteiger partial charge in [0.2, 0.25) is 0 Å². The van der Waals surface area contributed by atoms with Gasteiger partial charge in [-0.15, -0.1) is 12.6 Å². The third-order valence-electron chi connectivity index (χ3n) is 1.44. The molecule has 0 spiro atoms. The van der Waals surface area contributed by atoms with Crippen molar-refractivity contribution in [3.63, 3.8) is 0 Å². The van der Waals surface area contributed by atoms with Crippen molar-refractivity contribution in [1.29, 1.82) is 0 Å². The Bertz CT molecular complexity index is 333. The van der Waals surface area contributed by atoms with Crippen LogP contribution in [0, 0.1) is 0 Å². The van der Waals surface area contributed by atoms with Crippen molar-refractivity contribution in [3.05, 3.63) is 41.1 Å². The van der Waals surface area contributed by atoms with Crippen LogP contribution in [-0.2, 0) is 0 Å². The van der Waals surface area contributed by atoms with Crippen LogP contribution in [0.15, 0.2) is 46.0 Å². The molecule has 4 N–H and O–H groups in total. The van der Waals surface area contributed by atoms with Gasteiger partial charge in [0, 0.05) is 21.7 Å². The molecule has 2 rings (SSSR count). The molecule has 0 saturated heterocycles. The number of thiophene rings is 1. The maximum absolute atomic E-state index is 5.39. The highest BCUT2D eigenvalue weighted by atomic mass is 32.1. The molecule has 0 bridgehead atoms. The maximum atomic E-state index is 5.39. The highest BCUT2D eigenvalue weighted by Gasteiger charge is 1.81. The standard InChI is InChI=1S/C6H7NS.C4H5NS/c7-5-1-3-6(8)4-2-5;5-4-1-2-6-3-4/h1-4,8H,7H2;1-3H,5H2. The molecule has 1 aromatic heterocycles. The number of nitrogens with two attached hydrogens (primary N) is 2. The first-order valence-electron chi connectivity index (χ1n) is 4.00. The third-order valence-corrected chi connectivity index (χ3v) is 2.44. The van der Waals surface area contributed by atoms with E-state index in [0.717, 1.165) is 16.3 Å². The first-order chi connectivity index (χ1) is 6.68. The predicted octanol–water partition coefficient (Wildman–Crippen LogP) is 2.89. The minimum Gasteiger partial charge on any atom is -0.399 e. The van der Waals surface area contributed by atoms with E-state index >= 15 is 0 Å². The van der Waals surface area contributed by atoms with Crippen molar-refractivity contribution in [2.45, 2.75) is 4.90 Å². The molecular formula is C10H12N2S2. The van der Waals surface area contributed by atoms with Crippen LogP contribution < -0.4 is 11.5 Å². The first kappa shape index (κ1) is 10.9. The van der Waals surface area contributed by atoms with E-state index in [0.29, 0.717) is 0 Å². The van der Waals surface area contributed by atoms with Gasteiger partial charge in [0.25, 0.3) is 0 Å². The Labute approximate surface area is 93.0 Å². The predicted molar refractivity (Wildman–Crippen MR) is 66.8 cm³/mol. The molecule has 0 unspecified atom stereocenters. The monoisotopic (exact) mass is 224 g/mol. The zero-order chi connectivity index (χ0) is 10.4. The fraction of sp³-hybridized carbons (Fsp3) is 0. The quantitative estimate of drug-likeness (QED) is 0.476. The summed E-state index contributed by atoms with van der Waals surface area (Å²) in [6, 6.07) is 9.24. The number of hydrogen-bond donors (Lipinski definition) is 3. The molecule has 2 nitrogen and oxygen atoms in total. The van der Waals surface area contributed by atoms with Crippen LogP contribution in [0.25, 0.3) is 0 Å². The van der Waals surface area contributed by atoms with E-state index in [4.69, 9.17) is 11.5 Å². The number of thiol groups is 1. The fourth-order valence-electron chi connectivity index (χ4n) is 0.749. The summed E-state index contributed by atoms with van der Waals surface area (Å²) in [4.78, 5) is 0.944. The summed E-state index contributed by atoms with van der Waals surface area (Å²) in [6.45, 7) is 0. The molecule has 0 aliphatic rings. The molecule has 1 heterocycles. The minimum absolute atomic E-state index is 0.780. The zero-order valence-electron chi connectivity index (χ0n) is 7.55. The summed E-state index contributed by atoms with van der Waals surface area (Å²) >= 11 is 5.69. The van der Waals surface area contributed by atoms with Gasteiger partial charge in [-0.25, -0.2) is 0 Å². The summed E-state index contributed by atoms with van der Waals surface area (Å²) in [6.07, 6.45) is 0. The van der Waals surface area contributed by atoms with Crippen LogP contribution in [0.4, 0.5) is 11.4 Å². The van der Waals surface area contributed by atoms with Crippen LogP contribution >= 0.6 is 24.0 Å². The summed E-state index contributed by atoms with van der Waals surface area (Å²) < 4.78 is 0. The first-order valence-corrected chi connectivity index (χ1v) is 5.39. The van der Waals surface area contributed by atoms with Gasteiger partial charge < -0.3 is 11.5 Å². The van der Waals surface area contributed by atoms with Crippen molar-refractivity contribution in [3.8, 4) is 0 Å². The lowest BCUT2D eigenvalue weighted by molar-refractivity contribution is 1.48. The van der Waals surface area contributed by atoms with Crippen LogP contribution in [0.1, 0.15) is 0 Å². The summed E-state index contributed by atoms with van der Waals surface area (Å²) in [5.74, 6) is 0. The lowest BCUT2D eigenvalue weighted by Crippen LogP contribution is -1.80. The Morgan fingerprint density at radius 3 is 1.86 bits per heavy atom. The molecule has 74 valence electrons. The van der Waals surface area contributed by atoms with Gasteiger partial charge in [0.15, 0.2) is 0 Å². The van der Waals surface area contributed by atoms with Crippen molar-refractivity contribution in [2.24, 2.45) is 0 Å². The van der Waals surface area contributed by atoms with Crippen LogP contribution in [0.5, 0.6) is 0 Å². The number of benzene rings is 1. The van der Waals surface area contributed by atoms with Gasteiger partial charge >= 0.3 is 0 Å². The second kappa shape index (κ2) is 5.57. The number of anilines is 2. The molecule has 0 amide bonds. The molecule has 2 aromatic rings. The lowest BCUT2D eigenvalue weighted by Gasteiger charge is -1.89. The Morgan fingerprint density at radius 2 is 1.57 bits per heavy atom. The largest absolute Gasteiger partial charge is 0.399 e. The highest BCUT2D eigenvalue weighted by molar-refractivity contribution is 7.80. The molecule has 4 heteroatoms. The summed E-state index contributed by atoms with van der Waals surface area (Å²) in [5.41, 5.74) is 12.3. The third kappa shape index (κ3) is 4.20. The number of rotatable bonds is 0. The average molecular weight is 224 g/mol. The van der Waals surface area contributed by atoms with E-state index in [1.54, 1.807) is 11.3 Å². The van der Waals surface area contributed by atoms with Crippen molar-refractivity contribution in [1.82, 2.24) is 0 Å².